The summed E-state index contributed by atoms with van der Waals surface area (Å²) in [5, 5.41) is 9.28. The fraction of sp³-hybridized carbons (Fsp3) is 1.00. The molecule has 0 aliphatic rings. The summed E-state index contributed by atoms with van der Waals surface area (Å²) in [6.07, 6.45) is 22.3. The Hall–Kier alpha value is 1.51. The van der Waals surface area contributed by atoms with Crippen molar-refractivity contribution < 1.29 is 69.5 Å². The molecule has 30 heavy (non-hydrogen) atoms. The molecule has 0 saturated carbocycles. The van der Waals surface area contributed by atoms with Gasteiger partial charge in [-0.25, -0.2) is 8.42 Å². The second-order valence-electron chi connectivity index (χ2n) is 8.85. The van der Waals surface area contributed by atoms with Gasteiger partial charge in [-0.3, -0.25) is 0 Å². The van der Waals surface area contributed by atoms with Crippen LogP contribution in [0.1, 0.15) is 142 Å². The molecular weight excluding hydrogens is 423 g/mol. The third-order valence-electron chi connectivity index (χ3n) is 6.07. The Morgan fingerprint density at radius 1 is 0.633 bits per heavy atom. The first kappa shape index (κ1) is 33.7. The topological polar surface area (TPSA) is 77.4 Å². The van der Waals surface area contributed by atoms with Crippen molar-refractivity contribution in [2.24, 2.45) is 0 Å². The Labute approximate surface area is 230 Å². The maximum Gasteiger partial charge on any atom is 1.00 e. The van der Waals surface area contributed by atoms with Crippen molar-refractivity contribution in [3.8, 4) is 0 Å². The van der Waals surface area contributed by atoms with E-state index in [1.807, 2.05) is 0 Å². The van der Waals surface area contributed by atoms with E-state index >= 15 is 0 Å². The van der Waals surface area contributed by atoms with E-state index in [9.17, 15) is 18.1 Å². The van der Waals surface area contributed by atoms with Crippen LogP contribution in [-0.2, 0) is 10.1 Å². The van der Waals surface area contributed by atoms with E-state index in [2.05, 4.69) is 6.92 Å². The number of hydrogen-bond donors (Lipinski definition) is 1. The molecule has 0 saturated heterocycles. The van der Waals surface area contributed by atoms with Crippen LogP contribution in [0.4, 0.5) is 0 Å². The van der Waals surface area contributed by atoms with Crippen molar-refractivity contribution >= 4 is 10.1 Å². The van der Waals surface area contributed by atoms with E-state index < -0.39 is 15.4 Å². The maximum absolute atomic E-state index is 11.0. The van der Waals surface area contributed by atoms with Crippen molar-refractivity contribution in [1.82, 2.24) is 0 Å². The molecule has 2 atom stereocenters. The molecule has 0 radical (unpaired) electrons. The Balaban J connectivity index is 0. The maximum atomic E-state index is 11.0. The van der Waals surface area contributed by atoms with E-state index in [1.54, 1.807) is 6.92 Å². The van der Waals surface area contributed by atoms with Crippen LogP contribution < -0.4 is 51.4 Å². The van der Waals surface area contributed by atoms with Crippen LogP contribution in [0.5, 0.6) is 0 Å². The van der Waals surface area contributed by atoms with Gasteiger partial charge in [-0.05, 0) is 25.7 Å². The van der Waals surface area contributed by atoms with Gasteiger partial charge >= 0.3 is 51.4 Å². The zero-order valence-corrected chi connectivity index (χ0v) is 24.3. The largest absolute Gasteiger partial charge is 1.00 e. The normalized spacial score (nSPS) is 13.7. The number of rotatable bonds is 22. The monoisotopic (exact) mass is 472 g/mol. The van der Waals surface area contributed by atoms with Crippen molar-refractivity contribution in [3.05, 3.63) is 0 Å². The molecule has 0 bridgehead atoms. The van der Waals surface area contributed by atoms with Crippen molar-refractivity contribution in [3.63, 3.8) is 0 Å². The third kappa shape index (κ3) is 22.7. The van der Waals surface area contributed by atoms with Gasteiger partial charge < -0.3 is 9.66 Å². The van der Waals surface area contributed by atoms with Crippen molar-refractivity contribution in [1.29, 1.82) is 0 Å². The Kier molecular flexibility index (Phi) is 26.6. The molecule has 2 unspecified atom stereocenters. The molecule has 0 aliphatic heterocycles. The van der Waals surface area contributed by atoms with Gasteiger partial charge in [-0.1, -0.05) is 117 Å². The molecule has 0 amide bonds. The fourth-order valence-electron chi connectivity index (χ4n) is 4.02. The zero-order chi connectivity index (χ0) is 21.8. The molecule has 0 rings (SSSR count). The van der Waals surface area contributed by atoms with E-state index in [0.717, 1.165) is 19.3 Å². The standard InChI is InChI=1S/C24H50O4S.K/c1-3-5-6-7-8-9-10-11-12-13-14-15-16-17-20-23(25)21-18-19-22-24(4-2)29(26,27)28;/h23-25H,3-22H2,1-2H3,(H,26,27,28);/q;+1/p-1. The Morgan fingerprint density at radius 3 is 1.33 bits per heavy atom. The number of aliphatic hydroxyl groups excluding tert-OH is 1. The van der Waals surface area contributed by atoms with Gasteiger partial charge in [0.25, 0.3) is 0 Å². The summed E-state index contributed by atoms with van der Waals surface area (Å²) in [5.41, 5.74) is 0. The molecule has 0 fully saturated rings. The molecule has 0 aromatic carbocycles. The number of unbranched alkanes of at least 4 members (excludes halogenated alkanes) is 14. The first-order valence-corrected chi connectivity index (χ1v) is 14.0. The minimum atomic E-state index is -4.17. The van der Waals surface area contributed by atoms with Crippen LogP contribution in [0.3, 0.4) is 0 Å². The Morgan fingerprint density at radius 2 is 0.967 bits per heavy atom. The predicted molar refractivity (Wildman–Crippen MR) is 123 cm³/mol. The summed E-state index contributed by atoms with van der Waals surface area (Å²) in [6, 6.07) is 0. The summed E-state index contributed by atoms with van der Waals surface area (Å²) in [6.45, 7) is 4.01. The van der Waals surface area contributed by atoms with E-state index in [0.29, 0.717) is 25.7 Å². The van der Waals surface area contributed by atoms with Gasteiger partial charge in [0.1, 0.15) is 0 Å². The molecule has 6 heteroatoms. The molecule has 0 spiro atoms. The summed E-state index contributed by atoms with van der Waals surface area (Å²) >= 11 is 0. The summed E-state index contributed by atoms with van der Waals surface area (Å²) in [7, 11) is -4.17. The molecule has 0 aromatic rings. The average molecular weight is 473 g/mol. The van der Waals surface area contributed by atoms with Gasteiger partial charge in [0.05, 0.1) is 16.2 Å². The van der Waals surface area contributed by atoms with Gasteiger partial charge in [0, 0.05) is 5.25 Å². The molecular formula is C24H49KO4S. The summed E-state index contributed by atoms with van der Waals surface area (Å²) in [4.78, 5) is 0. The predicted octanol–water partition coefficient (Wildman–Crippen LogP) is 4.11. The minimum absolute atomic E-state index is 0. The zero-order valence-electron chi connectivity index (χ0n) is 20.4. The van der Waals surface area contributed by atoms with Crippen LogP contribution in [0.15, 0.2) is 0 Å². The van der Waals surface area contributed by atoms with Crippen LogP contribution >= 0.6 is 0 Å². The van der Waals surface area contributed by atoms with Crippen LogP contribution in [0.2, 0.25) is 0 Å². The van der Waals surface area contributed by atoms with Gasteiger partial charge in [0.2, 0.25) is 0 Å². The second-order valence-corrected chi connectivity index (χ2v) is 10.5. The quantitative estimate of drug-likeness (QED) is 0.146. The summed E-state index contributed by atoms with van der Waals surface area (Å²) < 4.78 is 33.1. The fourth-order valence-corrected chi connectivity index (χ4v) is 4.89. The third-order valence-corrected chi connectivity index (χ3v) is 7.45. The van der Waals surface area contributed by atoms with E-state index in [1.165, 1.54) is 83.5 Å². The van der Waals surface area contributed by atoms with Crippen molar-refractivity contribution in [2.75, 3.05) is 0 Å². The molecule has 0 aliphatic carbocycles. The number of aliphatic hydroxyl groups is 1. The first-order chi connectivity index (χ1) is 13.9. The van der Waals surface area contributed by atoms with Gasteiger partial charge in [-0.15, -0.1) is 0 Å². The summed E-state index contributed by atoms with van der Waals surface area (Å²) in [5.74, 6) is 0. The minimum Gasteiger partial charge on any atom is -0.748 e. The van der Waals surface area contributed by atoms with Gasteiger partial charge in [-0.2, -0.15) is 0 Å². The van der Waals surface area contributed by atoms with Crippen LogP contribution in [0.25, 0.3) is 0 Å². The van der Waals surface area contributed by atoms with Crippen LogP contribution in [0, 0.1) is 0 Å². The van der Waals surface area contributed by atoms with E-state index in [-0.39, 0.29) is 57.5 Å². The molecule has 4 nitrogen and oxygen atoms in total. The van der Waals surface area contributed by atoms with Gasteiger partial charge in [0.15, 0.2) is 0 Å². The van der Waals surface area contributed by atoms with E-state index in [4.69, 9.17) is 0 Å². The second kappa shape index (κ2) is 23.7. The molecule has 1 N–H and O–H groups in total. The molecule has 0 aromatic heterocycles. The first-order valence-electron chi connectivity index (χ1n) is 12.5. The van der Waals surface area contributed by atoms with Crippen molar-refractivity contribution in [2.45, 2.75) is 154 Å². The smallest absolute Gasteiger partial charge is 0.748 e. The molecule has 176 valence electrons. The SMILES string of the molecule is CCCCCCCCCCCCCCCCC(O)CCCCC(CC)S(=O)(=O)[O-].[K+]. The molecule has 0 heterocycles. The average Bonchev–Trinajstić information content (AvgIpc) is 2.67. The van der Waals surface area contributed by atoms with Crippen LogP contribution in [-0.4, -0.2) is 29.4 Å². The number of hydrogen-bond acceptors (Lipinski definition) is 4. The Bertz CT molecular complexity index is 442.